The van der Waals surface area contributed by atoms with Gasteiger partial charge in [-0.3, -0.25) is 9.59 Å². The maximum atomic E-state index is 13.2. The molecule has 4 rings (SSSR count). The summed E-state index contributed by atoms with van der Waals surface area (Å²) >= 11 is 1.30. The molecular weight excluding hydrogens is 372 g/mol. The molecule has 0 aliphatic heterocycles. The quantitative estimate of drug-likeness (QED) is 0.543. The second kappa shape index (κ2) is 7.32. The van der Waals surface area contributed by atoms with Crippen molar-refractivity contribution in [2.45, 2.75) is 13.5 Å². The van der Waals surface area contributed by atoms with Crippen molar-refractivity contribution >= 4 is 33.1 Å². The fraction of sp³-hybridized carbons (Fsp3) is 0.0909. The molecule has 0 fully saturated rings. The SMILES string of the molecule is Cc1ccccc1NC(=O)c1c(O)c2sccc2n(Cc2ccccc2)c1=O. The summed E-state index contributed by atoms with van der Waals surface area (Å²) in [6.07, 6.45) is 0. The van der Waals surface area contributed by atoms with Crippen molar-refractivity contribution in [1.29, 1.82) is 0 Å². The van der Waals surface area contributed by atoms with Crippen molar-refractivity contribution in [1.82, 2.24) is 4.57 Å². The number of rotatable bonds is 4. The number of pyridine rings is 1. The van der Waals surface area contributed by atoms with Gasteiger partial charge in [-0.2, -0.15) is 0 Å². The van der Waals surface area contributed by atoms with Gasteiger partial charge in [0.25, 0.3) is 11.5 Å². The lowest BCUT2D eigenvalue weighted by atomic mass is 10.1. The van der Waals surface area contributed by atoms with Crippen molar-refractivity contribution in [3.05, 3.63) is 93.1 Å². The Morgan fingerprint density at radius 3 is 2.54 bits per heavy atom. The molecule has 0 spiro atoms. The molecule has 5 nitrogen and oxygen atoms in total. The van der Waals surface area contributed by atoms with Gasteiger partial charge in [-0.15, -0.1) is 11.3 Å². The van der Waals surface area contributed by atoms with Crippen molar-refractivity contribution in [3.8, 4) is 5.75 Å². The number of nitrogens with one attached hydrogen (secondary N) is 1. The number of benzene rings is 2. The van der Waals surface area contributed by atoms with E-state index in [0.29, 0.717) is 22.4 Å². The lowest BCUT2D eigenvalue weighted by Gasteiger charge is -2.13. The molecule has 0 aliphatic rings. The molecule has 0 saturated heterocycles. The number of aryl methyl sites for hydroxylation is 1. The summed E-state index contributed by atoms with van der Waals surface area (Å²) < 4.78 is 2.05. The first-order valence-electron chi connectivity index (χ1n) is 8.80. The summed E-state index contributed by atoms with van der Waals surface area (Å²) in [4.78, 5) is 26.1. The highest BCUT2D eigenvalue weighted by molar-refractivity contribution is 7.17. The van der Waals surface area contributed by atoms with Crippen LogP contribution in [0.15, 0.2) is 70.8 Å². The third kappa shape index (κ3) is 3.18. The van der Waals surface area contributed by atoms with E-state index < -0.39 is 11.5 Å². The first-order chi connectivity index (χ1) is 13.6. The normalized spacial score (nSPS) is 10.9. The Morgan fingerprint density at radius 2 is 1.79 bits per heavy atom. The number of aromatic nitrogens is 1. The number of fused-ring (bicyclic) bond motifs is 1. The van der Waals surface area contributed by atoms with Gasteiger partial charge in [0.2, 0.25) is 0 Å². The van der Waals surface area contributed by atoms with E-state index in [-0.39, 0.29) is 11.3 Å². The Bertz CT molecular complexity index is 1230. The van der Waals surface area contributed by atoms with Crippen LogP contribution in [0.5, 0.6) is 5.75 Å². The molecule has 0 atom stereocenters. The minimum absolute atomic E-state index is 0.242. The lowest BCUT2D eigenvalue weighted by molar-refractivity contribution is 0.102. The predicted octanol–water partition coefficient (Wildman–Crippen LogP) is 4.38. The van der Waals surface area contributed by atoms with Crippen LogP contribution in [0.3, 0.4) is 0 Å². The lowest BCUT2D eigenvalue weighted by Crippen LogP contribution is -2.30. The summed E-state index contributed by atoms with van der Waals surface area (Å²) in [6, 6.07) is 18.6. The number of para-hydroxylation sites is 1. The average Bonchev–Trinajstić information content (AvgIpc) is 3.18. The highest BCUT2D eigenvalue weighted by Gasteiger charge is 2.23. The predicted molar refractivity (Wildman–Crippen MR) is 112 cm³/mol. The van der Waals surface area contributed by atoms with Crippen molar-refractivity contribution < 1.29 is 9.90 Å². The number of carbonyl (C=O) groups excluding carboxylic acids is 1. The smallest absolute Gasteiger partial charge is 0.268 e. The van der Waals surface area contributed by atoms with Crippen molar-refractivity contribution in [2.24, 2.45) is 0 Å². The Balaban J connectivity index is 1.83. The van der Waals surface area contributed by atoms with E-state index in [2.05, 4.69) is 5.32 Å². The number of carbonyl (C=O) groups is 1. The molecule has 28 heavy (non-hydrogen) atoms. The molecule has 4 aromatic rings. The number of hydrogen-bond donors (Lipinski definition) is 2. The molecule has 0 radical (unpaired) electrons. The first-order valence-corrected chi connectivity index (χ1v) is 9.68. The van der Waals surface area contributed by atoms with Gasteiger partial charge < -0.3 is 15.0 Å². The van der Waals surface area contributed by atoms with Crippen molar-refractivity contribution in [2.75, 3.05) is 5.32 Å². The van der Waals surface area contributed by atoms with Gasteiger partial charge in [-0.1, -0.05) is 48.5 Å². The van der Waals surface area contributed by atoms with Crippen LogP contribution in [0.4, 0.5) is 5.69 Å². The fourth-order valence-electron chi connectivity index (χ4n) is 3.18. The van der Waals surface area contributed by atoms with E-state index in [0.717, 1.165) is 11.1 Å². The Kier molecular flexibility index (Phi) is 4.71. The monoisotopic (exact) mass is 390 g/mol. The van der Waals surface area contributed by atoms with Crippen LogP contribution in [-0.2, 0) is 6.54 Å². The van der Waals surface area contributed by atoms with Crippen molar-refractivity contribution in [3.63, 3.8) is 0 Å². The molecule has 0 unspecified atom stereocenters. The van der Waals surface area contributed by atoms with E-state index in [9.17, 15) is 14.7 Å². The molecule has 6 heteroatoms. The summed E-state index contributed by atoms with van der Waals surface area (Å²) in [5, 5.41) is 15.2. The van der Waals surface area contributed by atoms with Crippen LogP contribution in [0.1, 0.15) is 21.5 Å². The summed E-state index contributed by atoms with van der Waals surface area (Å²) in [5.74, 6) is -0.890. The van der Waals surface area contributed by atoms with Crippen LogP contribution in [0.2, 0.25) is 0 Å². The number of thiophene rings is 1. The maximum absolute atomic E-state index is 13.2. The van der Waals surface area contributed by atoms with E-state index >= 15 is 0 Å². The first kappa shape index (κ1) is 18.0. The fourth-order valence-corrected chi connectivity index (χ4v) is 4.02. The Morgan fingerprint density at radius 1 is 1.07 bits per heavy atom. The molecule has 0 aliphatic carbocycles. The van der Waals surface area contributed by atoms with Crippen LogP contribution in [0, 0.1) is 6.92 Å². The molecule has 2 heterocycles. The number of hydrogen-bond acceptors (Lipinski definition) is 4. The minimum Gasteiger partial charge on any atom is -0.505 e. The van der Waals surface area contributed by atoms with E-state index in [1.165, 1.54) is 15.9 Å². The zero-order valence-corrected chi connectivity index (χ0v) is 16.0. The maximum Gasteiger partial charge on any atom is 0.268 e. The van der Waals surface area contributed by atoms with Gasteiger partial charge in [0.1, 0.15) is 5.56 Å². The highest BCUT2D eigenvalue weighted by atomic mass is 32.1. The number of anilines is 1. The zero-order valence-electron chi connectivity index (χ0n) is 15.2. The average molecular weight is 390 g/mol. The number of aromatic hydroxyl groups is 1. The van der Waals surface area contributed by atoms with Gasteiger partial charge in [0.15, 0.2) is 5.75 Å². The largest absolute Gasteiger partial charge is 0.505 e. The number of nitrogens with zero attached hydrogens (tertiary/aromatic N) is 1. The molecule has 2 N–H and O–H groups in total. The molecule has 2 aromatic heterocycles. The molecule has 140 valence electrons. The third-order valence-electron chi connectivity index (χ3n) is 4.65. The molecule has 0 saturated carbocycles. The second-order valence-electron chi connectivity index (χ2n) is 6.50. The van der Waals surface area contributed by atoms with E-state index in [1.807, 2.05) is 49.4 Å². The van der Waals surface area contributed by atoms with Gasteiger partial charge in [0.05, 0.1) is 16.8 Å². The molecule has 1 amide bonds. The molecule has 0 bridgehead atoms. The second-order valence-corrected chi connectivity index (χ2v) is 7.42. The van der Waals surface area contributed by atoms with Gasteiger partial charge in [-0.25, -0.2) is 0 Å². The highest BCUT2D eigenvalue weighted by Crippen LogP contribution is 2.32. The van der Waals surface area contributed by atoms with Gasteiger partial charge >= 0.3 is 0 Å². The molecule has 2 aromatic carbocycles. The van der Waals surface area contributed by atoms with Gasteiger partial charge in [0, 0.05) is 5.69 Å². The van der Waals surface area contributed by atoms with Gasteiger partial charge in [-0.05, 0) is 35.6 Å². The van der Waals surface area contributed by atoms with Crippen LogP contribution >= 0.6 is 11.3 Å². The van der Waals surface area contributed by atoms with E-state index in [1.54, 1.807) is 23.6 Å². The van der Waals surface area contributed by atoms with Crippen LogP contribution < -0.4 is 10.9 Å². The Hall–Kier alpha value is -3.38. The topological polar surface area (TPSA) is 71.3 Å². The standard InChI is InChI=1S/C22H18N2O3S/c1-14-7-5-6-10-16(14)23-21(26)18-19(25)20-17(11-12-28-20)24(22(18)27)13-15-8-3-2-4-9-15/h2-12,25H,13H2,1H3,(H,23,26). The minimum atomic E-state index is -0.617. The third-order valence-corrected chi connectivity index (χ3v) is 5.56. The van der Waals surface area contributed by atoms with Crippen LogP contribution in [0.25, 0.3) is 10.2 Å². The summed E-state index contributed by atoms with van der Waals surface area (Å²) in [7, 11) is 0. The molecular formula is C22H18N2O3S. The van der Waals surface area contributed by atoms with E-state index in [4.69, 9.17) is 0 Å². The Labute approximate surface area is 165 Å². The summed E-state index contributed by atoms with van der Waals surface area (Å²) in [6.45, 7) is 2.18. The zero-order chi connectivity index (χ0) is 19.7. The summed E-state index contributed by atoms with van der Waals surface area (Å²) in [5.41, 5.74) is 2.27. The number of amides is 1. The van der Waals surface area contributed by atoms with Crippen LogP contribution in [-0.4, -0.2) is 15.6 Å².